The van der Waals surface area contributed by atoms with Gasteiger partial charge in [-0.25, -0.2) is 0 Å². The van der Waals surface area contributed by atoms with Gasteiger partial charge in [0.2, 0.25) is 0 Å². The van der Waals surface area contributed by atoms with E-state index in [1.54, 1.807) is 18.2 Å². The van der Waals surface area contributed by atoms with E-state index in [1.807, 2.05) is 11.9 Å². The van der Waals surface area contributed by atoms with Crippen LogP contribution in [0.5, 0.6) is 0 Å². The summed E-state index contributed by atoms with van der Waals surface area (Å²) in [6.45, 7) is 2.53. The molecule has 1 saturated heterocycles. The molecule has 0 aromatic heterocycles. The van der Waals surface area contributed by atoms with Crippen LogP contribution in [0.25, 0.3) is 0 Å². The Balaban J connectivity index is 2.08. The van der Waals surface area contributed by atoms with Gasteiger partial charge in [-0.05, 0) is 44.1 Å². The van der Waals surface area contributed by atoms with Crippen LogP contribution in [-0.2, 0) is 0 Å². The second-order valence-corrected chi connectivity index (χ2v) is 5.43. The van der Waals surface area contributed by atoms with Gasteiger partial charge in [-0.1, -0.05) is 23.2 Å². The smallest absolute Gasteiger partial charge is 0.255 e. The molecule has 1 heterocycles. The highest BCUT2D eigenvalue weighted by Gasteiger charge is 2.27. The zero-order chi connectivity index (χ0) is 13.1. The molecule has 0 radical (unpaired) electrons. The zero-order valence-corrected chi connectivity index (χ0v) is 11.8. The van der Waals surface area contributed by atoms with E-state index < -0.39 is 0 Å². The summed E-state index contributed by atoms with van der Waals surface area (Å²) in [5.41, 5.74) is 0.533. The van der Waals surface area contributed by atoms with Crippen molar-refractivity contribution in [1.29, 1.82) is 0 Å². The molecule has 1 aromatic rings. The molecule has 1 aliphatic heterocycles. The standard InChI is InChI=1S/C13H16Cl2N2O/c1-16-7-9-4-5-17(8-9)13(18)11-3-2-10(14)6-12(11)15/h2-3,6,9,16H,4-5,7-8H2,1H3. The lowest BCUT2D eigenvalue weighted by Gasteiger charge is -2.17. The number of carbonyl (C=O) groups excluding carboxylic acids is 1. The minimum absolute atomic E-state index is 0.00438. The number of halogens is 2. The van der Waals surface area contributed by atoms with Gasteiger partial charge in [0.05, 0.1) is 10.6 Å². The van der Waals surface area contributed by atoms with Crippen molar-refractivity contribution in [3.8, 4) is 0 Å². The van der Waals surface area contributed by atoms with Gasteiger partial charge in [0.25, 0.3) is 5.91 Å². The molecule has 2 rings (SSSR count). The molecule has 0 bridgehead atoms. The number of likely N-dealkylation sites (tertiary alicyclic amines) is 1. The average molecular weight is 287 g/mol. The van der Waals surface area contributed by atoms with E-state index in [2.05, 4.69) is 5.32 Å². The van der Waals surface area contributed by atoms with Crippen LogP contribution in [0.2, 0.25) is 10.0 Å². The Labute approximate surface area is 117 Å². The normalized spacial score (nSPS) is 19.3. The van der Waals surface area contributed by atoms with Crippen LogP contribution in [-0.4, -0.2) is 37.5 Å². The average Bonchev–Trinajstić information content (AvgIpc) is 2.77. The van der Waals surface area contributed by atoms with Crippen LogP contribution in [0.15, 0.2) is 18.2 Å². The third-order valence-electron chi connectivity index (χ3n) is 3.23. The predicted octanol–water partition coefficient (Wildman–Crippen LogP) is 2.67. The predicted molar refractivity (Wildman–Crippen MR) is 74.4 cm³/mol. The van der Waals surface area contributed by atoms with E-state index in [-0.39, 0.29) is 5.91 Å². The minimum atomic E-state index is -0.00438. The van der Waals surface area contributed by atoms with E-state index in [1.165, 1.54) is 0 Å². The Morgan fingerprint density at radius 3 is 2.94 bits per heavy atom. The summed E-state index contributed by atoms with van der Waals surface area (Å²) in [5, 5.41) is 4.11. The van der Waals surface area contributed by atoms with Gasteiger partial charge < -0.3 is 10.2 Å². The summed E-state index contributed by atoms with van der Waals surface area (Å²) in [5.74, 6) is 0.528. The van der Waals surface area contributed by atoms with Crippen molar-refractivity contribution in [2.24, 2.45) is 5.92 Å². The Hall–Kier alpha value is -0.770. The summed E-state index contributed by atoms with van der Waals surface area (Å²) in [4.78, 5) is 14.2. The highest BCUT2D eigenvalue weighted by molar-refractivity contribution is 6.36. The third-order valence-corrected chi connectivity index (χ3v) is 3.78. The van der Waals surface area contributed by atoms with Crippen LogP contribution < -0.4 is 5.32 Å². The minimum Gasteiger partial charge on any atom is -0.338 e. The number of nitrogens with zero attached hydrogens (tertiary/aromatic N) is 1. The lowest BCUT2D eigenvalue weighted by molar-refractivity contribution is 0.0787. The maximum Gasteiger partial charge on any atom is 0.255 e. The molecule has 1 aromatic carbocycles. The Morgan fingerprint density at radius 2 is 2.28 bits per heavy atom. The quantitative estimate of drug-likeness (QED) is 0.927. The highest BCUT2D eigenvalue weighted by Crippen LogP contribution is 2.25. The van der Waals surface area contributed by atoms with E-state index in [4.69, 9.17) is 23.2 Å². The Bertz CT molecular complexity index is 451. The zero-order valence-electron chi connectivity index (χ0n) is 10.2. The number of hydrogen-bond acceptors (Lipinski definition) is 2. The molecule has 1 aliphatic rings. The first-order valence-corrected chi connectivity index (χ1v) is 6.76. The summed E-state index contributed by atoms with van der Waals surface area (Å²) in [7, 11) is 1.93. The molecule has 0 saturated carbocycles. The van der Waals surface area contributed by atoms with Gasteiger partial charge in [-0.3, -0.25) is 4.79 Å². The van der Waals surface area contributed by atoms with Crippen LogP contribution >= 0.6 is 23.2 Å². The fourth-order valence-corrected chi connectivity index (χ4v) is 2.79. The fraction of sp³-hybridized carbons (Fsp3) is 0.462. The number of carbonyl (C=O) groups is 1. The van der Waals surface area contributed by atoms with Gasteiger partial charge in [0.1, 0.15) is 0 Å². The SMILES string of the molecule is CNCC1CCN(C(=O)c2ccc(Cl)cc2Cl)C1. The summed E-state index contributed by atoms with van der Waals surface area (Å²) in [6.07, 6.45) is 1.04. The molecule has 1 unspecified atom stereocenters. The van der Waals surface area contributed by atoms with E-state index in [9.17, 15) is 4.79 Å². The van der Waals surface area contributed by atoms with Crippen LogP contribution in [0.3, 0.4) is 0 Å². The lowest BCUT2D eigenvalue weighted by Crippen LogP contribution is -2.30. The molecule has 1 amide bonds. The summed E-state index contributed by atoms with van der Waals surface area (Å²) >= 11 is 11.9. The van der Waals surface area contributed by atoms with Crippen LogP contribution in [0.4, 0.5) is 0 Å². The molecular weight excluding hydrogens is 271 g/mol. The number of hydrogen-bond donors (Lipinski definition) is 1. The van der Waals surface area contributed by atoms with Gasteiger partial charge in [0.15, 0.2) is 0 Å². The van der Waals surface area contributed by atoms with Gasteiger partial charge in [-0.15, -0.1) is 0 Å². The number of rotatable bonds is 3. The lowest BCUT2D eigenvalue weighted by atomic mass is 10.1. The molecular formula is C13H16Cl2N2O. The first-order valence-electron chi connectivity index (χ1n) is 6.00. The largest absolute Gasteiger partial charge is 0.338 e. The van der Waals surface area contributed by atoms with Gasteiger partial charge in [-0.2, -0.15) is 0 Å². The van der Waals surface area contributed by atoms with Crippen molar-refractivity contribution in [3.05, 3.63) is 33.8 Å². The Morgan fingerprint density at radius 1 is 1.50 bits per heavy atom. The molecule has 0 spiro atoms. The second kappa shape index (κ2) is 5.91. The monoisotopic (exact) mass is 286 g/mol. The van der Waals surface area contributed by atoms with Crippen molar-refractivity contribution in [2.45, 2.75) is 6.42 Å². The van der Waals surface area contributed by atoms with E-state index in [0.717, 1.165) is 26.1 Å². The van der Waals surface area contributed by atoms with Crippen molar-refractivity contribution < 1.29 is 4.79 Å². The van der Waals surface area contributed by atoms with Gasteiger partial charge in [0, 0.05) is 18.1 Å². The number of amides is 1. The van der Waals surface area contributed by atoms with Crippen molar-refractivity contribution in [3.63, 3.8) is 0 Å². The maximum absolute atomic E-state index is 12.3. The molecule has 3 nitrogen and oxygen atoms in total. The highest BCUT2D eigenvalue weighted by atomic mass is 35.5. The van der Waals surface area contributed by atoms with Crippen molar-refractivity contribution >= 4 is 29.1 Å². The molecule has 1 N–H and O–H groups in total. The van der Waals surface area contributed by atoms with E-state index in [0.29, 0.717) is 21.5 Å². The van der Waals surface area contributed by atoms with Crippen molar-refractivity contribution in [2.75, 3.05) is 26.7 Å². The van der Waals surface area contributed by atoms with Gasteiger partial charge >= 0.3 is 0 Å². The van der Waals surface area contributed by atoms with E-state index >= 15 is 0 Å². The topological polar surface area (TPSA) is 32.3 Å². The van der Waals surface area contributed by atoms with Crippen molar-refractivity contribution in [1.82, 2.24) is 10.2 Å². The third kappa shape index (κ3) is 2.97. The summed E-state index contributed by atoms with van der Waals surface area (Å²) < 4.78 is 0. The molecule has 5 heteroatoms. The molecule has 1 fully saturated rings. The molecule has 0 aliphatic carbocycles. The molecule has 18 heavy (non-hydrogen) atoms. The molecule has 98 valence electrons. The fourth-order valence-electron chi connectivity index (χ4n) is 2.31. The number of benzene rings is 1. The Kier molecular flexibility index (Phi) is 4.49. The second-order valence-electron chi connectivity index (χ2n) is 4.59. The van der Waals surface area contributed by atoms with Crippen LogP contribution in [0.1, 0.15) is 16.8 Å². The first kappa shape index (κ1) is 13.7. The number of nitrogens with one attached hydrogen (secondary N) is 1. The molecule has 1 atom stereocenters. The summed E-state index contributed by atoms with van der Waals surface area (Å²) in [6, 6.07) is 5.00. The van der Waals surface area contributed by atoms with Crippen LogP contribution in [0, 0.1) is 5.92 Å². The first-order chi connectivity index (χ1) is 8.61. The maximum atomic E-state index is 12.3.